The van der Waals surface area contributed by atoms with Gasteiger partial charge in [-0.2, -0.15) is 10.2 Å². The third-order valence-electron chi connectivity index (χ3n) is 2.30. The van der Waals surface area contributed by atoms with E-state index < -0.39 is 0 Å². The molecule has 5 nitrogen and oxygen atoms in total. The van der Waals surface area contributed by atoms with Crippen molar-refractivity contribution in [3.63, 3.8) is 0 Å². The van der Waals surface area contributed by atoms with Gasteiger partial charge in [0.1, 0.15) is 0 Å². The highest BCUT2D eigenvalue weighted by Crippen LogP contribution is 2.20. The summed E-state index contributed by atoms with van der Waals surface area (Å²) in [5.74, 6) is -0.253. The highest BCUT2D eigenvalue weighted by Gasteiger charge is 2.08. The third kappa shape index (κ3) is 2.57. The van der Waals surface area contributed by atoms with E-state index in [2.05, 4.69) is 15.5 Å². The van der Waals surface area contributed by atoms with Crippen molar-refractivity contribution < 1.29 is 4.79 Å². The van der Waals surface area contributed by atoms with Crippen LogP contribution in [0.15, 0.2) is 36.7 Å². The number of aromatic nitrogens is 2. The molecule has 1 heterocycles. The van der Waals surface area contributed by atoms with Gasteiger partial charge < -0.3 is 11.1 Å². The number of hydrogen-bond donors (Lipinski definition) is 2. The number of anilines is 2. The molecule has 3 N–H and O–H groups in total. The molecule has 1 aromatic carbocycles. The lowest BCUT2D eigenvalue weighted by Crippen LogP contribution is -2.13. The van der Waals surface area contributed by atoms with Gasteiger partial charge in [0.05, 0.1) is 29.3 Å². The van der Waals surface area contributed by atoms with Gasteiger partial charge in [-0.3, -0.25) is 4.79 Å². The van der Waals surface area contributed by atoms with E-state index in [-0.39, 0.29) is 5.91 Å². The Hall–Kier alpha value is -2.43. The molecule has 0 saturated heterocycles. The molecule has 2 aromatic rings. The normalized spacial score (nSPS) is 9.94. The Morgan fingerprint density at radius 2 is 2.12 bits per heavy atom. The second-order valence-electron chi connectivity index (χ2n) is 3.68. The summed E-state index contributed by atoms with van der Waals surface area (Å²) in [6, 6.07) is 7.06. The van der Waals surface area contributed by atoms with E-state index in [1.807, 2.05) is 19.1 Å². The summed E-state index contributed by atoms with van der Waals surface area (Å²) in [5.41, 5.74) is 8.39. The number of nitrogens with one attached hydrogen (secondary N) is 1. The number of nitrogens with zero attached hydrogens (tertiary/aromatic N) is 2. The van der Waals surface area contributed by atoms with E-state index in [9.17, 15) is 4.79 Å². The van der Waals surface area contributed by atoms with Gasteiger partial charge in [0.15, 0.2) is 0 Å². The van der Waals surface area contributed by atoms with Crippen LogP contribution in [0.4, 0.5) is 11.4 Å². The number of benzene rings is 1. The smallest absolute Gasteiger partial charge is 0.257 e. The van der Waals surface area contributed by atoms with Crippen LogP contribution in [-0.2, 0) is 0 Å². The van der Waals surface area contributed by atoms with Crippen molar-refractivity contribution >= 4 is 17.3 Å². The quantitative estimate of drug-likeness (QED) is 0.765. The number of rotatable bonds is 2. The molecule has 0 fully saturated rings. The molecule has 5 heteroatoms. The fraction of sp³-hybridized carbons (Fsp3) is 0.0833. The van der Waals surface area contributed by atoms with E-state index in [1.54, 1.807) is 12.1 Å². The van der Waals surface area contributed by atoms with Crippen LogP contribution in [0.5, 0.6) is 0 Å². The maximum absolute atomic E-state index is 11.8. The van der Waals surface area contributed by atoms with Crippen molar-refractivity contribution in [2.75, 3.05) is 11.1 Å². The molecule has 0 aliphatic carbocycles. The topological polar surface area (TPSA) is 80.9 Å². The molecule has 0 unspecified atom stereocenters. The van der Waals surface area contributed by atoms with Crippen LogP contribution in [0.25, 0.3) is 0 Å². The van der Waals surface area contributed by atoms with Crippen LogP contribution in [0.2, 0.25) is 0 Å². The number of amides is 1. The molecule has 0 bridgehead atoms. The van der Waals surface area contributed by atoms with Gasteiger partial charge in [0.25, 0.3) is 5.91 Å². The number of hydrogen-bond acceptors (Lipinski definition) is 4. The molecule has 0 aliphatic rings. The summed E-state index contributed by atoms with van der Waals surface area (Å²) in [6.07, 6.45) is 2.87. The fourth-order valence-electron chi connectivity index (χ4n) is 1.40. The second kappa shape index (κ2) is 4.61. The Balaban J connectivity index is 2.22. The summed E-state index contributed by atoms with van der Waals surface area (Å²) < 4.78 is 0. The highest BCUT2D eigenvalue weighted by molar-refractivity contribution is 6.05. The van der Waals surface area contributed by atoms with Gasteiger partial charge in [0, 0.05) is 0 Å². The zero-order valence-corrected chi connectivity index (χ0v) is 9.34. The first-order chi connectivity index (χ1) is 8.16. The minimum absolute atomic E-state index is 0.253. The molecule has 86 valence electrons. The molecular weight excluding hydrogens is 216 g/mol. The molecule has 0 saturated carbocycles. The van der Waals surface area contributed by atoms with Crippen LogP contribution >= 0.6 is 0 Å². The van der Waals surface area contributed by atoms with E-state index in [4.69, 9.17) is 5.73 Å². The third-order valence-corrected chi connectivity index (χ3v) is 2.30. The van der Waals surface area contributed by atoms with Gasteiger partial charge in [-0.15, -0.1) is 0 Å². The molecule has 2 rings (SSSR count). The Bertz CT molecular complexity index is 539. The number of nitrogens with two attached hydrogens (primary N) is 1. The standard InChI is InChI=1S/C12H12N4O/c1-8-2-3-10(13)11(6-8)16-12(17)9-4-5-14-15-7-9/h2-7H,13H2,1H3,(H,16,17). The van der Waals surface area contributed by atoms with Crippen molar-refractivity contribution in [1.29, 1.82) is 0 Å². The van der Waals surface area contributed by atoms with Crippen LogP contribution in [0.1, 0.15) is 15.9 Å². The van der Waals surface area contributed by atoms with Crippen LogP contribution in [0.3, 0.4) is 0 Å². The maximum Gasteiger partial charge on any atom is 0.257 e. The van der Waals surface area contributed by atoms with Gasteiger partial charge in [0.2, 0.25) is 0 Å². The van der Waals surface area contributed by atoms with Crippen molar-refractivity contribution in [2.45, 2.75) is 6.92 Å². The van der Waals surface area contributed by atoms with Crippen molar-refractivity contribution in [2.24, 2.45) is 0 Å². The average Bonchev–Trinajstić information content (AvgIpc) is 2.35. The van der Waals surface area contributed by atoms with E-state index >= 15 is 0 Å². The van der Waals surface area contributed by atoms with Crippen molar-refractivity contribution in [3.8, 4) is 0 Å². The largest absolute Gasteiger partial charge is 0.397 e. The molecule has 17 heavy (non-hydrogen) atoms. The number of nitrogen functional groups attached to an aromatic ring is 1. The maximum atomic E-state index is 11.8. The second-order valence-corrected chi connectivity index (χ2v) is 3.68. The predicted octanol–water partition coefficient (Wildman–Crippen LogP) is 1.62. The number of carbonyl (C=O) groups is 1. The van der Waals surface area contributed by atoms with Crippen LogP contribution in [-0.4, -0.2) is 16.1 Å². The summed E-state index contributed by atoms with van der Waals surface area (Å²) in [7, 11) is 0. The van der Waals surface area contributed by atoms with Gasteiger partial charge in [-0.1, -0.05) is 6.07 Å². The molecule has 0 spiro atoms. The lowest BCUT2D eigenvalue weighted by Gasteiger charge is -2.08. The monoisotopic (exact) mass is 228 g/mol. The van der Waals surface area contributed by atoms with E-state index in [0.29, 0.717) is 16.9 Å². The minimum atomic E-state index is -0.253. The first-order valence-electron chi connectivity index (χ1n) is 5.11. The van der Waals surface area contributed by atoms with Crippen molar-refractivity contribution in [1.82, 2.24) is 10.2 Å². The summed E-state index contributed by atoms with van der Waals surface area (Å²) in [4.78, 5) is 11.8. The van der Waals surface area contributed by atoms with E-state index in [1.165, 1.54) is 12.4 Å². The average molecular weight is 228 g/mol. The van der Waals surface area contributed by atoms with Crippen molar-refractivity contribution in [3.05, 3.63) is 47.8 Å². The fourth-order valence-corrected chi connectivity index (χ4v) is 1.40. The first-order valence-corrected chi connectivity index (χ1v) is 5.11. The molecule has 0 aliphatic heterocycles. The van der Waals surface area contributed by atoms with Gasteiger partial charge in [-0.05, 0) is 30.7 Å². The number of aryl methyl sites for hydroxylation is 1. The van der Waals surface area contributed by atoms with Gasteiger partial charge in [-0.25, -0.2) is 0 Å². The Morgan fingerprint density at radius 1 is 1.29 bits per heavy atom. The minimum Gasteiger partial charge on any atom is -0.397 e. The zero-order valence-electron chi connectivity index (χ0n) is 9.34. The van der Waals surface area contributed by atoms with Gasteiger partial charge >= 0.3 is 0 Å². The zero-order chi connectivity index (χ0) is 12.3. The lowest BCUT2D eigenvalue weighted by molar-refractivity contribution is 0.102. The number of carbonyl (C=O) groups excluding carboxylic acids is 1. The predicted molar refractivity (Wildman–Crippen MR) is 65.6 cm³/mol. The first kappa shape index (κ1) is 11.1. The van der Waals surface area contributed by atoms with Crippen LogP contribution in [0, 0.1) is 6.92 Å². The molecule has 1 aromatic heterocycles. The Kier molecular flexibility index (Phi) is 3.00. The molecule has 0 atom stereocenters. The SMILES string of the molecule is Cc1ccc(N)c(NC(=O)c2ccnnc2)c1. The molecule has 0 radical (unpaired) electrons. The summed E-state index contributed by atoms with van der Waals surface area (Å²) >= 11 is 0. The van der Waals surface area contributed by atoms with E-state index in [0.717, 1.165) is 5.56 Å². The lowest BCUT2D eigenvalue weighted by atomic mass is 10.2. The van der Waals surface area contributed by atoms with Crippen LogP contribution < -0.4 is 11.1 Å². The summed E-state index contributed by atoms with van der Waals surface area (Å²) in [5, 5.41) is 9.99. The molecule has 1 amide bonds. The Labute approximate surface area is 98.7 Å². The summed E-state index contributed by atoms with van der Waals surface area (Å²) in [6.45, 7) is 1.93. The highest BCUT2D eigenvalue weighted by atomic mass is 16.1. The Morgan fingerprint density at radius 3 is 2.82 bits per heavy atom. The molecular formula is C12H12N4O.